The van der Waals surface area contributed by atoms with Gasteiger partial charge in [0.1, 0.15) is 36.6 Å². The van der Waals surface area contributed by atoms with Crippen molar-refractivity contribution < 1.29 is 85.9 Å². The number of carbonyl (C=O) groups excluding carboxylic acids is 5. The van der Waals surface area contributed by atoms with E-state index in [1.165, 1.54) is 35.2 Å². The molecule has 0 amide bonds. The van der Waals surface area contributed by atoms with E-state index >= 15 is 0 Å². The van der Waals surface area contributed by atoms with Crippen LogP contribution in [0.15, 0.2) is 30.3 Å². The second kappa shape index (κ2) is 28.7. The number of methoxy groups -OCH3 is 3. The van der Waals surface area contributed by atoms with Crippen molar-refractivity contribution in [3.63, 3.8) is 0 Å². The summed E-state index contributed by atoms with van der Waals surface area (Å²) in [5, 5.41) is 12.5. The molecule has 0 aliphatic carbocycles. The smallest absolute Gasteiger partial charge is 0.309 e. The Hall–Kier alpha value is -3.83. The zero-order chi connectivity index (χ0) is 53.4. The van der Waals surface area contributed by atoms with Crippen molar-refractivity contribution in [2.75, 3.05) is 48.5 Å². The van der Waals surface area contributed by atoms with Crippen LogP contribution in [0.25, 0.3) is 0 Å². The maximum atomic E-state index is 14.0. The Bertz CT molecular complexity index is 1850. The van der Waals surface area contributed by atoms with E-state index < -0.39 is 134 Å². The summed E-state index contributed by atoms with van der Waals surface area (Å²) < 4.78 is 74.2. The number of nitrogens with zero attached hydrogens (tertiary/aromatic N) is 2. The lowest BCUT2D eigenvalue weighted by Crippen LogP contribution is -2.66. The number of likely N-dealkylation sites (N-methyl/N-ethyl adjacent to an activating group) is 1. The van der Waals surface area contributed by atoms with Gasteiger partial charge in [0, 0.05) is 80.5 Å². The monoisotopic (exact) mass is 1020 g/mol. The molecule has 1 aromatic rings. The predicted octanol–water partition coefficient (Wildman–Crippen LogP) is 4.72. The zero-order valence-electron chi connectivity index (χ0n) is 45.0. The molecular formula is C52H84N2O18. The first-order chi connectivity index (χ1) is 34.1. The van der Waals surface area contributed by atoms with Crippen LogP contribution in [0, 0.1) is 11.8 Å². The first-order valence-electron chi connectivity index (χ1n) is 25.3. The van der Waals surface area contributed by atoms with Crippen LogP contribution in [0.2, 0.25) is 0 Å². The van der Waals surface area contributed by atoms with Gasteiger partial charge < -0.3 is 66.8 Å². The molecule has 0 aromatic heterocycles. The summed E-state index contributed by atoms with van der Waals surface area (Å²) in [6, 6.07) is 9.07. The molecule has 3 saturated heterocycles. The molecule has 20 nitrogen and oxygen atoms in total. The first kappa shape index (κ1) is 60.7. The molecule has 3 aliphatic heterocycles. The van der Waals surface area contributed by atoms with Crippen molar-refractivity contribution in [3.05, 3.63) is 35.9 Å². The minimum Gasteiger partial charge on any atom is -0.463 e. The molecule has 0 bridgehead atoms. The van der Waals surface area contributed by atoms with Gasteiger partial charge in [0.25, 0.3) is 0 Å². The Kier molecular flexibility index (Phi) is 24.2. The standard InChI is InChI=1S/C52H84N2O18/c1-15-40(57)68-38-26-42(59)64-31(4)22-23-54(28-36-20-18-17-19-21-36)29-39(67-34(7)55)30(3)24-37(25-43(61-12)62-13)48(49(38)63-14)71-51-46(60)45(53(10)11)47(32(5)66-51)70-44-27-52(9,72-35(8)56)50(33(6)65-44)69-41(58)16-2/h17-21,30-33,37-39,43-51,60H,15-16,22-29H2,1-14H3/t30-,31-,32-,33+,37-,38-,39+,44+,45-,46-,47-,48+,49+,50+,51+,52-/m1/s1. The largest absolute Gasteiger partial charge is 0.463 e. The van der Waals surface area contributed by atoms with E-state index in [-0.39, 0.29) is 38.0 Å². The Morgan fingerprint density at radius 3 is 2.08 bits per heavy atom. The number of aliphatic hydroxyl groups is 1. The highest BCUT2D eigenvalue weighted by Crippen LogP contribution is 2.40. The molecular weight excluding hydrogens is 941 g/mol. The third kappa shape index (κ3) is 17.4. The maximum Gasteiger partial charge on any atom is 0.309 e. The summed E-state index contributed by atoms with van der Waals surface area (Å²) >= 11 is 0. The van der Waals surface area contributed by atoms with Crippen molar-refractivity contribution in [2.24, 2.45) is 11.8 Å². The van der Waals surface area contributed by atoms with Gasteiger partial charge in [0.2, 0.25) is 0 Å². The number of rotatable bonds is 18. The summed E-state index contributed by atoms with van der Waals surface area (Å²) in [4.78, 5) is 69.0. The SMILES string of the molecule is CCC(=O)O[C@@H]1CC(=O)O[C@H](C)CCN(Cc2ccccc2)C[C@H](OC(C)=O)[C@H](C)C[C@H](CC(OC)OC)[C@H](O[C@@H]2O[C@H](C)[C@@H](O[C@H]3C[C@@](C)(OC(C)=O)[C@@H](OC(=O)CC)[C@H](C)O3)[C@H](N(C)C)[C@H]2O)[C@H]1OC. The lowest BCUT2D eigenvalue weighted by Gasteiger charge is -2.51. The fraction of sp³-hybridized carbons (Fsp3) is 0.788. The molecule has 3 aliphatic rings. The summed E-state index contributed by atoms with van der Waals surface area (Å²) in [6.45, 7) is 16.2. The van der Waals surface area contributed by atoms with Crippen molar-refractivity contribution in [3.8, 4) is 0 Å². The summed E-state index contributed by atoms with van der Waals surface area (Å²) in [5.74, 6) is -3.78. The van der Waals surface area contributed by atoms with Gasteiger partial charge in [0.15, 0.2) is 30.6 Å². The highest BCUT2D eigenvalue weighted by atomic mass is 16.7. The quantitative estimate of drug-likeness (QED) is 0.119. The highest BCUT2D eigenvalue weighted by molar-refractivity contribution is 5.73. The van der Waals surface area contributed by atoms with Crippen LogP contribution >= 0.6 is 0 Å². The number of benzene rings is 1. The third-order valence-corrected chi connectivity index (χ3v) is 13.7. The minimum atomic E-state index is -1.43. The topological polar surface area (TPSA) is 223 Å². The number of cyclic esters (lactones) is 1. The third-order valence-electron chi connectivity index (χ3n) is 13.7. The summed E-state index contributed by atoms with van der Waals surface area (Å²) in [6.07, 6.45) is -12.3. The van der Waals surface area contributed by atoms with E-state index in [0.717, 1.165) is 5.56 Å². The van der Waals surface area contributed by atoms with Crippen LogP contribution in [0.1, 0.15) is 113 Å². The molecule has 0 saturated carbocycles. The number of ether oxygens (including phenoxy) is 12. The Morgan fingerprint density at radius 1 is 0.847 bits per heavy atom. The predicted molar refractivity (Wildman–Crippen MR) is 260 cm³/mol. The van der Waals surface area contributed by atoms with E-state index in [0.29, 0.717) is 26.1 Å². The van der Waals surface area contributed by atoms with Crippen LogP contribution in [0.4, 0.5) is 0 Å². The maximum absolute atomic E-state index is 14.0. The number of carbonyl (C=O) groups is 5. The number of esters is 5. The van der Waals surface area contributed by atoms with Gasteiger partial charge >= 0.3 is 29.8 Å². The molecule has 0 unspecified atom stereocenters. The average Bonchev–Trinajstić information content (AvgIpc) is 3.31. The van der Waals surface area contributed by atoms with E-state index in [4.69, 9.17) is 56.8 Å². The molecule has 0 radical (unpaired) electrons. The normalized spacial score (nSPS) is 34.6. The van der Waals surface area contributed by atoms with Crippen LogP contribution < -0.4 is 0 Å². The molecule has 410 valence electrons. The zero-order valence-corrected chi connectivity index (χ0v) is 45.0. The van der Waals surface area contributed by atoms with Crippen LogP contribution in [0.5, 0.6) is 0 Å². The van der Waals surface area contributed by atoms with Crippen molar-refractivity contribution in [2.45, 2.75) is 205 Å². The average molecular weight is 1030 g/mol. The molecule has 3 fully saturated rings. The van der Waals surface area contributed by atoms with Crippen molar-refractivity contribution >= 4 is 29.8 Å². The van der Waals surface area contributed by atoms with Crippen LogP contribution in [-0.2, 0) is 87.4 Å². The van der Waals surface area contributed by atoms with Crippen LogP contribution in [-0.4, -0.2) is 185 Å². The van der Waals surface area contributed by atoms with Crippen molar-refractivity contribution in [1.82, 2.24) is 9.80 Å². The van der Waals surface area contributed by atoms with E-state index in [1.54, 1.807) is 60.5 Å². The number of hydrogen-bond donors (Lipinski definition) is 1. The second-order valence-corrected chi connectivity index (χ2v) is 19.9. The highest BCUT2D eigenvalue weighted by Gasteiger charge is 2.55. The molecule has 4 rings (SSSR count). The van der Waals surface area contributed by atoms with Gasteiger partial charge in [-0.25, -0.2) is 0 Å². The van der Waals surface area contributed by atoms with Gasteiger partial charge in [-0.05, 0) is 72.0 Å². The molecule has 0 spiro atoms. The van der Waals surface area contributed by atoms with Gasteiger partial charge in [-0.3, -0.25) is 28.9 Å². The molecule has 1 N–H and O–H groups in total. The summed E-state index contributed by atoms with van der Waals surface area (Å²) in [7, 11) is 7.95. The fourth-order valence-electron chi connectivity index (χ4n) is 10.2. The Balaban J connectivity index is 1.81. The number of aliphatic hydroxyl groups excluding tert-OH is 1. The van der Waals surface area contributed by atoms with Crippen molar-refractivity contribution in [1.29, 1.82) is 0 Å². The lowest BCUT2D eigenvalue weighted by molar-refractivity contribution is -0.345. The minimum absolute atomic E-state index is 0.0109. The molecule has 1 aromatic carbocycles. The first-order valence-corrected chi connectivity index (χ1v) is 25.3. The van der Waals surface area contributed by atoms with Gasteiger partial charge in [-0.1, -0.05) is 51.1 Å². The Labute approximate surface area is 426 Å². The van der Waals surface area contributed by atoms with Gasteiger partial charge in [-0.2, -0.15) is 0 Å². The van der Waals surface area contributed by atoms with Gasteiger partial charge in [-0.15, -0.1) is 0 Å². The van der Waals surface area contributed by atoms with E-state index in [9.17, 15) is 29.1 Å². The van der Waals surface area contributed by atoms with E-state index in [2.05, 4.69) is 4.90 Å². The molecule has 20 heteroatoms. The van der Waals surface area contributed by atoms with Gasteiger partial charge in [0.05, 0.1) is 30.8 Å². The molecule has 72 heavy (non-hydrogen) atoms. The fourth-order valence-corrected chi connectivity index (χ4v) is 10.2. The molecule has 16 atom stereocenters. The van der Waals surface area contributed by atoms with E-state index in [1.807, 2.05) is 37.3 Å². The summed E-state index contributed by atoms with van der Waals surface area (Å²) in [5.41, 5.74) is -0.290. The molecule has 3 heterocycles. The second-order valence-electron chi connectivity index (χ2n) is 19.9. The number of hydrogen-bond acceptors (Lipinski definition) is 20. The van der Waals surface area contributed by atoms with Crippen LogP contribution in [0.3, 0.4) is 0 Å². The lowest BCUT2D eigenvalue weighted by atomic mass is 9.81. The Morgan fingerprint density at radius 2 is 1.50 bits per heavy atom.